The lowest BCUT2D eigenvalue weighted by atomic mass is 9.99. The van der Waals surface area contributed by atoms with Gasteiger partial charge in [-0.3, -0.25) is 4.79 Å². The molecule has 3 rings (SSSR count). The number of benzene rings is 1. The van der Waals surface area contributed by atoms with Gasteiger partial charge in [0.15, 0.2) is 11.5 Å². The van der Waals surface area contributed by atoms with E-state index in [9.17, 15) is 9.18 Å². The third-order valence-electron chi connectivity index (χ3n) is 4.36. The second-order valence-electron chi connectivity index (χ2n) is 5.99. The van der Waals surface area contributed by atoms with Gasteiger partial charge in [-0.05, 0) is 62.1 Å². The van der Waals surface area contributed by atoms with E-state index < -0.39 is 0 Å². The molecule has 24 heavy (non-hydrogen) atoms. The lowest BCUT2D eigenvalue weighted by Gasteiger charge is -2.34. The first-order valence-electron chi connectivity index (χ1n) is 8.34. The molecule has 6 heteroatoms. The summed E-state index contributed by atoms with van der Waals surface area (Å²) in [6.45, 7) is 2.90. The molecular weight excluding hydrogens is 307 g/mol. The van der Waals surface area contributed by atoms with Gasteiger partial charge >= 0.3 is 0 Å². The van der Waals surface area contributed by atoms with Gasteiger partial charge in [-0.1, -0.05) is 6.92 Å². The van der Waals surface area contributed by atoms with Crippen LogP contribution in [0.5, 0.6) is 0 Å². The maximum Gasteiger partial charge on any atom is 0.274 e. The van der Waals surface area contributed by atoms with Crippen molar-refractivity contribution in [3.05, 3.63) is 47.9 Å². The second kappa shape index (κ2) is 7.38. The first-order valence-corrected chi connectivity index (χ1v) is 8.34. The zero-order valence-electron chi connectivity index (χ0n) is 13.7. The number of piperidine rings is 1. The van der Waals surface area contributed by atoms with E-state index in [1.165, 1.54) is 18.6 Å². The Kier molecular flexibility index (Phi) is 5.03. The van der Waals surface area contributed by atoms with Crippen LogP contribution in [0.2, 0.25) is 0 Å². The van der Waals surface area contributed by atoms with Crippen LogP contribution in [0.25, 0.3) is 0 Å². The molecular formula is C18H21FN4O. The average molecular weight is 328 g/mol. The van der Waals surface area contributed by atoms with Crippen LogP contribution in [0.3, 0.4) is 0 Å². The molecule has 2 heterocycles. The van der Waals surface area contributed by atoms with E-state index in [0.29, 0.717) is 23.2 Å². The standard InChI is InChI=1S/C18H21FN4O/c1-2-15-5-3-4-12-23(15)18(24)16-10-11-17(22-21-16)20-14-8-6-13(19)7-9-14/h6-11,15H,2-5,12H2,1H3,(H,20,22). The maximum absolute atomic E-state index is 12.9. The Labute approximate surface area is 140 Å². The fourth-order valence-electron chi connectivity index (χ4n) is 3.03. The smallest absolute Gasteiger partial charge is 0.274 e. The van der Waals surface area contributed by atoms with Gasteiger partial charge in [-0.2, -0.15) is 0 Å². The predicted molar refractivity (Wildman–Crippen MR) is 90.7 cm³/mol. The first-order chi connectivity index (χ1) is 11.7. The summed E-state index contributed by atoms with van der Waals surface area (Å²) in [4.78, 5) is 14.6. The maximum atomic E-state index is 12.9. The zero-order valence-corrected chi connectivity index (χ0v) is 13.7. The van der Waals surface area contributed by atoms with Crippen LogP contribution in [0.1, 0.15) is 43.1 Å². The van der Waals surface area contributed by atoms with Gasteiger partial charge in [-0.25, -0.2) is 4.39 Å². The largest absolute Gasteiger partial charge is 0.339 e. The van der Waals surface area contributed by atoms with Crippen molar-refractivity contribution in [3.8, 4) is 0 Å². The highest BCUT2D eigenvalue weighted by Gasteiger charge is 2.27. The highest BCUT2D eigenvalue weighted by molar-refractivity contribution is 5.92. The number of hydrogen-bond donors (Lipinski definition) is 1. The molecule has 126 valence electrons. The Bertz CT molecular complexity index is 687. The van der Waals surface area contributed by atoms with Crippen molar-refractivity contribution in [2.45, 2.75) is 38.6 Å². The average Bonchev–Trinajstić information content (AvgIpc) is 2.63. The Morgan fingerprint density at radius 3 is 2.67 bits per heavy atom. The number of carbonyl (C=O) groups is 1. The van der Waals surface area contributed by atoms with Crippen LogP contribution in [-0.4, -0.2) is 33.6 Å². The molecule has 2 aromatic rings. The van der Waals surface area contributed by atoms with E-state index in [1.54, 1.807) is 24.3 Å². The SMILES string of the molecule is CCC1CCCCN1C(=O)c1ccc(Nc2ccc(F)cc2)nn1. The third kappa shape index (κ3) is 3.69. The number of aromatic nitrogens is 2. The van der Waals surface area contributed by atoms with Crippen molar-refractivity contribution in [2.24, 2.45) is 0 Å². The van der Waals surface area contributed by atoms with Gasteiger partial charge in [0, 0.05) is 18.3 Å². The summed E-state index contributed by atoms with van der Waals surface area (Å²) < 4.78 is 12.9. The van der Waals surface area contributed by atoms with Gasteiger partial charge in [0.25, 0.3) is 5.91 Å². The minimum Gasteiger partial charge on any atom is -0.339 e. The molecule has 0 spiro atoms. The lowest BCUT2D eigenvalue weighted by molar-refractivity contribution is 0.0601. The number of nitrogens with one attached hydrogen (secondary N) is 1. The fraction of sp³-hybridized carbons (Fsp3) is 0.389. The molecule has 1 N–H and O–H groups in total. The van der Waals surface area contributed by atoms with Crippen molar-refractivity contribution in [2.75, 3.05) is 11.9 Å². The summed E-state index contributed by atoms with van der Waals surface area (Å²) in [6.07, 6.45) is 4.23. The molecule has 1 saturated heterocycles. The van der Waals surface area contributed by atoms with Crippen molar-refractivity contribution in [1.82, 2.24) is 15.1 Å². The van der Waals surface area contributed by atoms with E-state index >= 15 is 0 Å². The van der Waals surface area contributed by atoms with Gasteiger partial charge in [0.2, 0.25) is 0 Å². The summed E-state index contributed by atoms with van der Waals surface area (Å²) in [5, 5.41) is 11.2. The molecule has 1 aromatic heterocycles. The zero-order chi connectivity index (χ0) is 16.9. The third-order valence-corrected chi connectivity index (χ3v) is 4.36. The number of amides is 1. The van der Waals surface area contributed by atoms with E-state index in [0.717, 1.165) is 25.8 Å². The molecule has 1 atom stereocenters. The Hall–Kier alpha value is -2.50. The minimum absolute atomic E-state index is 0.0533. The lowest BCUT2D eigenvalue weighted by Crippen LogP contribution is -2.43. The summed E-state index contributed by atoms with van der Waals surface area (Å²) in [5.74, 6) is 0.172. The number of hydrogen-bond acceptors (Lipinski definition) is 4. The van der Waals surface area contributed by atoms with Gasteiger partial charge in [0.05, 0.1) is 0 Å². The number of rotatable bonds is 4. The molecule has 1 aliphatic rings. The molecule has 5 nitrogen and oxygen atoms in total. The first kappa shape index (κ1) is 16.4. The van der Waals surface area contributed by atoms with Crippen molar-refractivity contribution < 1.29 is 9.18 Å². The van der Waals surface area contributed by atoms with Crippen LogP contribution in [0.15, 0.2) is 36.4 Å². The van der Waals surface area contributed by atoms with Gasteiger partial charge in [-0.15, -0.1) is 10.2 Å². The summed E-state index contributed by atoms with van der Waals surface area (Å²) in [6, 6.07) is 9.68. The number of anilines is 2. The van der Waals surface area contributed by atoms with Crippen LogP contribution in [0, 0.1) is 5.82 Å². The van der Waals surface area contributed by atoms with E-state index in [-0.39, 0.29) is 11.7 Å². The van der Waals surface area contributed by atoms with Crippen molar-refractivity contribution in [1.29, 1.82) is 0 Å². The molecule has 1 fully saturated rings. The molecule has 0 aliphatic carbocycles. The summed E-state index contributed by atoms with van der Waals surface area (Å²) in [7, 11) is 0. The number of halogens is 1. The highest BCUT2D eigenvalue weighted by atomic mass is 19.1. The molecule has 1 aliphatic heterocycles. The molecule has 0 radical (unpaired) electrons. The van der Waals surface area contributed by atoms with Crippen molar-refractivity contribution in [3.63, 3.8) is 0 Å². The number of carbonyl (C=O) groups excluding carboxylic acids is 1. The normalized spacial score (nSPS) is 17.6. The monoisotopic (exact) mass is 328 g/mol. The number of likely N-dealkylation sites (tertiary alicyclic amines) is 1. The predicted octanol–water partition coefficient (Wildman–Crippen LogP) is 3.76. The Morgan fingerprint density at radius 1 is 1.21 bits per heavy atom. The summed E-state index contributed by atoms with van der Waals surface area (Å²) in [5.41, 5.74) is 1.08. The van der Waals surface area contributed by atoms with Crippen LogP contribution in [-0.2, 0) is 0 Å². The Morgan fingerprint density at radius 2 is 2.00 bits per heavy atom. The second-order valence-corrected chi connectivity index (χ2v) is 5.99. The van der Waals surface area contributed by atoms with Gasteiger partial charge in [0.1, 0.15) is 5.82 Å². The molecule has 1 unspecified atom stereocenters. The van der Waals surface area contributed by atoms with Gasteiger partial charge < -0.3 is 10.2 Å². The van der Waals surface area contributed by atoms with Crippen LogP contribution >= 0.6 is 0 Å². The fourth-order valence-corrected chi connectivity index (χ4v) is 3.03. The van der Waals surface area contributed by atoms with Crippen LogP contribution < -0.4 is 5.32 Å². The highest BCUT2D eigenvalue weighted by Crippen LogP contribution is 2.21. The molecule has 1 aromatic carbocycles. The molecule has 0 bridgehead atoms. The van der Waals surface area contributed by atoms with Crippen molar-refractivity contribution >= 4 is 17.4 Å². The summed E-state index contributed by atoms with van der Waals surface area (Å²) >= 11 is 0. The van der Waals surface area contributed by atoms with E-state index in [2.05, 4.69) is 22.4 Å². The van der Waals surface area contributed by atoms with Crippen LogP contribution in [0.4, 0.5) is 15.9 Å². The quantitative estimate of drug-likeness (QED) is 0.928. The minimum atomic E-state index is -0.292. The Balaban J connectivity index is 1.69. The molecule has 0 saturated carbocycles. The van der Waals surface area contributed by atoms with E-state index in [4.69, 9.17) is 0 Å². The number of nitrogens with zero attached hydrogens (tertiary/aromatic N) is 3. The topological polar surface area (TPSA) is 58.1 Å². The van der Waals surface area contributed by atoms with E-state index in [1.807, 2.05) is 4.90 Å². The molecule has 1 amide bonds.